The number of nitrogens with one attached hydrogen (secondary N) is 1. The highest BCUT2D eigenvalue weighted by Gasteiger charge is 2.03. The van der Waals surface area contributed by atoms with Gasteiger partial charge in [0.2, 0.25) is 5.91 Å². The molecule has 0 aromatic heterocycles. The fraction of sp³-hybridized carbons (Fsp3) is 0.833. The molecule has 0 aromatic rings. The maximum Gasteiger partial charge on any atom is 0.246 e. The van der Waals surface area contributed by atoms with Crippen LogP contribution in [0.4, 0.5) is 0 Å². The minimum Gasteiger partial charge on any atom is -0.394 e. The van der Waals surface area contributed by atoms with Gasteiger partial charge in [0.15, 0.2) is 0 Å². The summed E-state index contributed by atoms with van der Waals surface area (Å²) in [5, 5.41) is 11.0. The number of rotatable bonds is 4. The standard InChI is InChI=1S/C6H13NO3/c1-5(3-8)7-6(9)4-10-2/h5,8H,3-4H2,1-2H3,(H,7,9). The van der Waals surface area contributed by atoms with Crippen molar-refractivity contribution in [3.8, 4) is 0 Å². The van der Waals surface area contributed by atoms with Gasteiger partial charge in [-0.1, -0.05) is 0 Å². The first-order valence-corrected chi connectivity index (χ1v) is 3.10. The fourth-order valence-electron chi connectivity index (χ4n) is 0.493. The molecule has 0 bridgehead atoms. The van der Waals surface area contributed by atoms with Crippen LogP contribution in [0.15, 0.2) is 0 Å². The lowest BCUT2D eigenvalue weighted by Crippen LogP contribution is -2.37. The monoisotopic (exact) mass is 147 g/mol. The summed E-state index contributed by atoms with van der Waals surface area (Å²) in [5.41, 5.74) is 0. The van der Waals surface area contributed by atoms with Gasteiger partial charge in [0.05, 0.1) is 6.61 Å². The van der Waals surface area contributed by atoms with Gasteiger partial charge in [-0.2, -0.15) is 0 Å². The lowest BCUT2D eigenvalue weighted by atomic mass is 10.3. The normalized spacial score (nSPS) is 12.7. The largest absolute Gasteiger partial charge is 0.394 e. The third-order valence-electron chi connectivity index (χ3n) is 0.957. The molecule has 0 aliphatic carbocycles. The molecular formula is C6H13NO3. The van der Waals surface area contributed by atoms with Gasteiger partial charge >= 0.3 is 0 Å². The molecule has 0 aliphatic heterocycles. The molecule has 0 fully saturated rings. The number of amides is 1. The highest BCUT2D eigenvalue weighted by Crippen LogP contribution is 1.78. The second kappa shape index (κ2) is 5.20. The average Bonchev–Trinajstić information content (AvgIpc) is 1.88. The van der Waals surface area contributed by atoms with Gasteiger partial charge in [-0.25, -0.2) is 0 Å². The van der Waals surface area contributed by atoms with E-state index in [1.54, 1.807) is 6.92 Å². The van der Waals surface area contributed by atoms with E-state index in [2.05, 4.69) is 10.1 Å². The van der Waals surface area contributed by atoms with Crippen molar-refractivity contribution < 1.29 is 14.6 Å². The summed E-state index contributed by atoms with van der Waals surface area (Å²) < 4.78 is 4.56. The van der Waals surface area contributed by atoms with Crippen LogP contribution < -0.4 is 5.32 Å². The van der Waals surface area contributed by atoms with Gasteiger partial charge in [0.25, 0.3) is 0 Å². The number of ether oxygens (including phenoxy) is 1. The van der Waals surface area contributed by atoms with E-state index < -0.39 is 0 Å². The Labute approximate surface area is 60.2 Å². The van der Waals surface area contributed by atoms with Gasteiger partial charge < -0.3 is 15.2 Å². The van der Waals surface area contributed by atoms with Crippen molar-refractivity contribution in [3.63, 3.8) is 0 Å². The van der Waals surface area contributed by atoms with Crippen LogP contribution in [0, 0.1) is 0 Å². The second-order valence-electron chi connectivity index (χ2n) is 2.08. The van der Waals surface area contributed by atoms with Crippen molar-refractivity contribution in [1.82, 2.24) is 5.32 Å². The number of hydrogen-bond acceptors (Lipinski definition) is 3. The smallest absolute Gasteiger partial charge is 0.246 e. The lowest BCUT2D eigenvalue weighted by Gasteiger charge is -2.09. The summed E-state index contributed by atoms with van der Waals surface area (Å²) in [6.45, 7) is 1.72. The second-order valence-corrected chi connectivity index (χ2v) is 2.08. The predicted octanol–water partition coefficient (Wildman–Crippen LogP) is -0.870. The van der Waals surface area contributed by atoms with Crippen molar-refractivity contribution in [3.05, 3.63) is 0 Å². The molecule has 1 atom stereocenters. The van der Waals surface area contributed by atoms with E-state index in [1.165, 1.54) is 7.11 Å². The first kappa shape index (κ1) is 9.39. The maximum atomic E-state index is 10.7. The lowest BCUT2D eigenvalue weighted by molar-refractivity contribution is -0.125. The number of aliphatic hydroxyl groups is 1. The first-order chi connectivity index (χ1) is 4.70. The van der Waals surface area contributed by atoms with Gasteiger partial charge in [0, 0.05) is 13.2 Å². The Morgan fingerprint density at radius 1 is 1.80 bits per heavy atom. The van der Waals surface area contributed by atoms with Gasteiger partial charge in [-0.15, -0.1) is 0 Å². The summed E-state index contributed by atoms with van der Waals surface area (Å²) in [6, 6.07) is -0.192. The van der Waals surface area contributed by atoms with Crippen LogP contribution in [0.25, 0.3) is 0 Å². The highest BCUT2D eigenvalue weighted by molar-refractivity contribution is 5.77. The summed E-state index contributed by atoms with van der Waals surface area (Å²) in [5.74, 6) is -0.205. The predicted molar refractivity (Wildman–Crippen MR) is 36.6 cm³/mol. The number of carbonyl (C=O) groups is 1. The van der Waals surface area contributed by atoms with Gasteiger partial charge in [0.1, 0.15) is 6.61 Å². The summed E-state index contributed by atoms with van der Waals surface area (Å²) >= 11 is 0. The van der Waals surface area contributed by atoms with Gasteiger partial charge in [-0.3, -0.25) is 4.79 Å². The van der Waals surface area contributed by atoms with E-state index in [0.717, 1.165) is 0 Å². The minimum absolute atomic E-state index is 0.0460. The van der Waals surface area contributed by atoms with Crippen LogP contribution in [0.2, 0.25) is 0 Å². The number of aliphatic hydroxyl groups excluding tert-OH is 1. The Bertz CT molecular complexity index is 105. The zero-order chi connectivity index (χ0) is 7.98. The molecule has 0 heterocycles. The summed E-state index contributed by atoms with van der Waals surface area (Å²) in [4.78, 5) is 10.7. The number of methoxy groups -OCH3 is 1. The molecule has 10 heavy (non-hydrogen) atoms. The molecule has 0 spiro atoms. The molecule has 4 nitrogen and oxygen atoms in total. The number of hydrogen-bond donors (Lipinski definition) is 2. The SMILES string of the molecule is COCC(=O)NC(C)CO. The first-order valence-electron chi connectivity index (χ1n) is 3.10. The van der Waals surface area contributed by atoms with Crippen LogP contribution in [0.1, 0.15) is 6.92 Å². The van der Waals surface area contributed by atoms with Crippen molar-refractivity contribution in [1.29, 1.82) is 0 Å². The molecule has 0 aromatic carbocycles. The van der Waals surface area contributed by atoms with E-state index in [1.807, 2.05) is 0 Å². The zero-order valence-corrected chi connectivity index (χ0v) is 6.26. The Morgan fingerprint density at radius 2 is 2.40 bits per heavy atom. The third-order valence-corrected chi connectivity index (χ3v) is 0.957. The Kier molecular flexibility index (Phi) is 4.88. The Balaban J connectivity index is 3.37. The van der Waals surface area contributed by atoms with Crippen LogP contribution in [-0.2, 0) is 9.53 Å². The van der Waals surface area contributed by atoms with E-state index >= 15 is 0 Å². The van der Waals surface area contributed by atoms with Crippen LogP contribution >= 0.6 is 0 Å². The van der Waals surface area contributed by atoms with Gasteiger partial charge in [-0.05, 0) is 6.92 Å². The van der Waals surface area contributed by atoms with Crippen molar-refractivity contribution >= 4 is 5.91 Å². The molecule has 0 saturated carbocycles. The molecule has 0 saturated heterocycles. The average molecular weight is 147 g/mol. The topological polar surface area (TPSA) is 58.6 Å². The molecule has 4 heteroatoms. The zero-order valence-electron chi connectivity index (χ0n) is 6.26. The molecular weight excluding hydrogens is 134 g/mol. The van der Waals surface area contributed by atoms with E-state index in [9.17, 15) is 4.79 Å². The molecule has 1 amide bonds. The van der Waals surface area contributed by atoms with Crippen LogP contribution in [-0.4, -0.2) is 37.4 Å². The van der Waals surface area contributed by atoms with Crippen molar-refractivity contribution in [2.75, 3.05) is 20.3 Å². The van der Waals surface area contributed by atoms with E-state index in [0.29, 0.717) is 0 Å². The van der Waals surface area contributed by atoms with Crippen LogP contribution in [0.3, 0.4) is 0 Å². The fourth-order valence-corrected chi connectivity index (χ4v) is 0.493. The van der Waals surface area contributed by atoms with E-state index in [4.69, 9.17) is 5.11 Å². The molecule has 2 N–H and O–H groups in total. The molecule has 0 radical (unpaired) electrons. The van der Waals surface area contributed by atoms with Crippen molar-refractivity contribution in [2.45, 2.75) is 13.0 Å². The summed E-state index contributed by atoms with van der Waals surface area (Å²) in [7, 11) is 1.45. The molecule has 0 aliphatic rings. The summed E-state index contributed by atoms with van der Waals surface area (Å²) in [6.07, 6.45) is 0. The third kappa shape index (κ3) is 4.29. The Hall–Kier alpha value is -0.610. The Morgan fingerprint density at radius 3 is 2.80 bits per heavy atom. The quantitative estimate of drug-likeness (QED) is 0.543. The number of carbonyl (C=O) groups excluding carboxylic acids is 1. The molecule has 60 valence electrons. The minimum atomic E-state index is -0.205. The highest BCUT2D eigenvalue weighted by atomic mass is 16.5. The molecule has 0 rings (SSSR count). The van der Waals surface area contributed by atoms with Crippen LogP contribution in [0.5, 0.6) is 0 Å². The molecule has 1 unspecified atom stereocenters. The maximum absolute atomic E-state index is 10.7. The van der Waals surface area contributed by atoms with E-state index in [-0.39, 0.29) is 25.2 Å². The van der Waals surface area contributed by atoms with Crippen molar-refractivity contribution in [2.24, 2.45) is 0 Å².